The fourth-order valence-electron chi connectivity index (χ4n) is 1.78. The van der Waals surface area contributed by atoms with E-state index < -0.39 is 5.60 Å². The highest BCUT2D eigenvalue weighted by atomic mass is 79.9. The van der Waals surface area contributed by atoms with E-state index >= 15 is 0 Å². The zero-order valence-corrected chi connectivity index (χ0v) is 12.7. The molecule has 1 N–H and O–H groups in total. The summed E-state index contributed by atoms with van der Waals surface area (Å²) in [6.07, 6.45) is 0. The van der Waals surface area contributed by atoms with Crippen LogP contribution in [0.5, 0.6) is 0 Å². The van der Waals surface area contributed by atoms with Crippen molar-refractivity contribution in [2.75, 3.05) is 19.6 Å². The molecule has 0 aromatic heterocycles. The lowest BCUT2D eigenvalue weighted by molar-refractivity contribution is 0.0376. The summed E-state index contributed by atoms with van der Waals surface area (Å²) in [5.74, 6) is 0.0717. The lowest BCUT2D eigenvalue weighted by Gasteiger charge is -2.27. The predicted octanol–water partition coefficient (Wildman–Crippen LogP) is 2.72. The minimum Gasteiger partial charge on any atom is -0.389 e. The molecule has 4 heteroatoms. The van der Waals surface area contributed by atoms with Crippen molar-refractivity contribution in [3.8, 4) is 0 Å². The van der Waals surface area contributed by atoms with E-state index in [0.29, 0.717) is 18.7 Å². The van der Waals surface area contributed by atoms with E-state index in [1.165, 1.54) is 0 Å². The molecule has 0 fully saturated rings. The van der Waals surface area contributed by atoms with Gasteiger partial charge in [0.25, 0.3) is 0 Å². The first-order valence-corrected chi connectivity index (χ1v) is 6.84. The summed E-state index contributed by atoms with van der Waals surface area (Å²) in [5.41, 5.74) is -0.0910. The molecule has 0 heterocycles. The van der Waals surface area contributed by atoms with Crippen molar-refractivity contribution in [3.05, 3.63) is 34.3 Å². The van der Waals surface area contributed by atoms with Crippen LogP contribution in [-0.2, 0) is 0 Å². The van der Waals surface area contributed by atoms with Gasteiger partial charge in [0.1, 0.15) is 0 Å². The Labute approximate surface area is 117 Å². The van der Waals surface area contributed by atoms with Gasteiger partial charge in [-0.25, -0.2) is 0 Å². The smallest absolute Gasteiger partial charge is 0.176 e. The van der Waals surface area contributed by atoms with Crippen LogP contribution < -0.4 is 0 Å². The van der Waals surface area contributed by atoms with Gasteiger partial charge in [0.15, 0.2) is 5.78 Å². The molecule has 1 aromatic carbocycles. The predicted molar refractivity (Wildman–Crippen MR) is 76.9 cm³/mol. The summed E-state index contributed by atoms with van der Waals surface area (Å²) in [4.78, 5) is 14.1. The van der Waals surface area contributed by atoms with Gasteiger partial charge in [-0.05, 0) is 32.5 Å². The molecule has 0 radical (unpaired) electrons. The van der Waals surface area contributed by atoms with Crippen LogP contribution in [0.15, 0.2) is 28.7 Å². The summed E-state index contributed by atoms with van der Waals surface area (Å²) >= 11 is 3.36. The molecular weight excluding hydrogens is 294 g/mol. The summed E-state index contributed by atoms with van der Waals surface area (Å²) in [6, 6.07) is 7.38. The largest absolute Gasteiger partial charge is 0.389 e. The van der Waals surface area contributed by atoms with E-state index in [1.807, 2.05) is 36.1 Å². The third-order valence-corrected chi connectivity index (χ3v) is 3.06. The van der Waals surface area contributed by atoms with Crippen LogP contribution >= 0.6 is 15.9 Å². The lowest BCUT2D eigenvalue weighted by Crippen LogP contribution is -2.41. The Morgan fingerprint density at radius 1 is 1.44 bits per heavy atom. The Morgan fingerprint density at radius 3 is 2.61 bits per heavy atom. The van der Waals surface area contributed by atoms with E-state index in [0.717, 1.165) is 11.0 Å². The maximum atomic E-state index is 12.1. The van der Waals surface area contributed by atoms with Crippen LogP contribution in [0.25, 0.3) is 0 Å². The molecule has 1 rings (SSSR count). The Balaban J connectivity index is 2.68. The normalized spacial score (nSPS) is 11.9. The quantitative estimate of drug-likeness (QED) is 0.821. The highest BCUT2D eigenvalue weighted by Gasteiger charge is 2.19. The van der Waals surface area contributed by atoms with Crippen molar-refractivity contribution in [1.29, 1.82) is 0 Å². The summed E-state index contributed by atoms with van der Waals surface area (Å²) in [5, 5.41) is 9.79. The second kappa shape index (κ2) is 6.45. The van der Waals surface area contributed by atoms with Crippen molar-refractivity contribution in [1.82, 2.24) is 4.90 Å². The third-order valence-electron chi connectivity index (χ3n) is 2.57. The second-order valence-corrected chi connectivity index (χ2v) is 5.96. The Morgan fingerprint density at radius 2 is 2.11 bits per heavy atom. The molecule has 0 spiro atoms. The van der Waals surface area contributed by atoms with Gasteiger partial charge in [0.2, 0.25) is 0 Å². The standard InChI is InChI=1S/C14H20BrNO2/c1-4-16(10-14(2,3)18)9-13(17)11-6-5-7-12(15)8-11/h5-8,18H,4,9-10H2,1-3H3. The number of benzene rings is 1. The molecule has 0 aliphatic rings. The average molecular weight is 314 g/mol. The topological polar surface area (TPSA) is 40.5 Å². The summed E-state index contributed by atoms with van der Waals surface area (Å²) in [7, 11) is 0. The first kappa shape index (κ1) is 15.3. The van der Waals surface area contributed by atoms with Crippen LogP contribution in [0.4, 0.5) is 0 Å². The van der Waals surface area contributed by atoms with E-state index in [4.69, 9.17) is 0 Å². The van der Waals surface area contributed by atoms with Gasteiger partial charge in [-0.2, -0.15) is 0 Å². The number of carbonyl (C=O) groups is 1. The number of ketones is 1. The molecule has 0 saturated heterocycles. The Hall–Kier alpha value is -0.710. The maximum Gasteiger partial charge on any atom is 0.176 e. The zero-order chi connectivity index (χ0) is 13.8. The zero-order valence-electron chi connectivity index (χ0n) is 11.1. The molecule has 0 saturated carbocycles. The first-order valence-electron chi connectivity index (χ1n) is 6.05. The number of aliphatic hydroxyl groups is 1. The number of halogens is 1. The number of rotatable bonds is 6. The SMILES string of the molecule is CCN(CC(=O)c1cccc(Br)c1)CC(C)(C)O. The van der Waals surface area contributed by atoms with Gasteiger partial charge in [-0.1, -0.05) is 35.0 Å². The molecule has 1 aromatic rings. The van der Waals surface area contributed by atoms with E-state index in [9.17, 15) is 9.90 Å². The van der Waals surface area contributed by atoms with E-state index in [2.05, 4.69) is 15.9 Å². The Bertz CT molecular complexity index is 413. The number of likely N-dealkylation sites (N-methyl/N-ethyl adjacent to an activating group) is 1. The van der Waals surface area contributed by atoms with Crippen molar-refractivity contribution >= 4 is 21.7 Å². The number of hydrogen-bond acceptors (Lipinski definition) is 3. The molecule has 3 nitrogen and oxygen atoms in total. The van der Waals surface area contributed by atoms with Gasteiger partial charge in [0.05, 0.1) is 12.1 Å². The van der Waals surface area contributed by atoms with E-state index in [-0.39, 0.29) is 5.78 Å². The number of Topliss-reactive ketones (excluding diaryl/α,β-unsaturated/α-hetero) is 1. The van der Waals surface area contributed by atoms with Crippen LogP contribution in [0.3, 0.4) is 0 Å². The van der Waals surface area contributed by atoms with Gasteiger partial charge < -0.3 is 5.11 Å². The third kappa shape index (κ3) is 5.29. The minimum atomic E-state index is -0.784. The van der Waals surface area contributed by atoms with Gasteiger partial charge in [-0.3, -0.25) is 9.69 Å². The van der Waals surface area contributed by atoms with Crippen molar-refractivity contribution in [2.45, 2.75) is 26.4 Å². The van der Waals surface area contributed by atoms with Crippen LogP contribution in [-0.4, -0.2) is 41.0 Å². The monoisotopic (exact) mass is 313 g/mol. The molecule has 0 atom stereocenters. The highest BCUT2D eigenvalue weighted by molar-refractivity contribution is 9.10. The molecule has 0 aliphatic heterocycles. The maximum absolute atomic E-state index is 12.1. The van der Waals surface area contributed by atoms with Gasteiger partial charge >= 0.3 is 0 Å². The molecule has 0 amide bonds. The van der Waals surface area contributed by atoms with Crippen molar-refractivity contribution < 1.29 is 9.90 Å². The average Bonchev–Trinajstić information content (AvgIpc) is 2.26. The minimum absolute atomic E-state index is 0.0717. The first-order chi connectivity index (χ1) is 8.31. The number of nitrogens with zero attached hydrogens (tertiary/aromatic N) is 1. The lowest BCUT2D eigenvalue weighted by atomic mass is 10.1. The molecule has 0 bridgehead atoms. The Kier molecular flexibility index (Phi) is 5.50. The number of carbonyl (C=O) groups excluding carboxylic acids is 1. The fourth-order valence-corrected chi connectivity index (χ4v) is 2.18. The van der Waals surface area contributed by atoms with Gasteiger partial charge in [-0.15, -0.1) is 0 Å². The van der Waals surface area contributed by atoms with Crippen molar-refractivity contribution in [2.24, 2.45) is 0 Å². The summed E-state index contributed by atoms with van der Waals surface area (Å²) < 4.78 is 0.902. The van der Waals surface area contributed by atoms with Crippen LogP contribution in [0.2, 0.25) is 0 Å². The number of hydrogen-bond donors (Lipinski definition) is 1. The molecule has 18 heavy (non-hydrogen) atoms. The van der Waals surface area contributed by atoms with Crippen LogP contribution in [0.1, 0.15) is 31.1 Å². The van der Waals surface area contributed by atoms with Crippen molar-refractivity contribution in [3.63, 3.8) is 0 Å². The summed E-state index contributed by atoms with van der Waals surface area (Å²) in [6.45, 7) is 7.04. The molecule has 0 unspecified atom stereocenters. The molecular formula is C14H20BrNO2. The molecule has 100 valence electrons. The van der Waals surface area contributed by atoms with Crippen LogP contribution in [0, 0.1) is 0 Å². The second-order valence-electron chi connectivity index (χ2n) is 5.05. The van der Waals surface area contributed by atoms with E-state index in [1.54, 1.807) is 13.8 Å². The highest BCUT2D eigenvalue weighted by Crippen LogP contribution is 2.13. The molecule has 0 aliphatic carbocycles. The van der Waals surface area contributed by atoms with Gasteiger partial charge in [0, 0.05) is 16.6 Å². The fraction of sp³-hybridized carbons (Fsp3) is 0.500.